The second-order valence-electron chi connectivity index (χ2n) is 4.59. The van der Waals surface area contributed by atoms with Crippen LogP contribution in [0.4, 0.5) is 14.4 Å². The van der Waals surface area contributed by atoms with E-state index in [0.717, 1.165) is 12.1 Å². The molecule has 1 rings (SSSR count). The van der Waals surface area contributed by atoms with Crippen molar-refractivity contribution in [3.63, 3.8) is 0 Å². The van der Waals surface area contributed by atoms with E-state index in [1.54, 1.807) is 20.8 Å². The van der Waals surface area contributed by atoms with E-state index < -0.39 is 26.8 Å². The van der Waals surface area contributed by atoms with Crippen LogP contribution in [0.2, 0.25) is 0 Å². The molecule has 0 atom stereocenters. The third-order valence-corrected chi connectivity index (χ3v) is 2.58. The van der Waals surface area contributed by atoms with Gasteiger partial charge in [0.25, 0.3) is 0 Å². The predicted octanol–water partition coefficient (Wildman–Crippen LogP) is 2.69. The minimum atomic E-state index is -4.79. The molecule has 0 bridgehead atoms. The molecule has 18 heavy (non-hydrogen) atoms. The maximum atomic E-state index is 12.7. The van der Waals surface area contributed by atoms with Crippen LogP contribution in [-0.4, -0.2) is 20.1 Å². The van der Waals surface area contributed by atoms with Gasteiger partial charge in [-0.05, 0) is 39.0 Å². The van der Waals surface area contributed by atoms with Crippen LogP contribution in [0.1, 0.15) is 20.8 Å². The fourth-order valence-electron chi connectivity index (χ4n) is 1.15. The summed E-state index contributed by atoms with van der Waals surface area (Å²) in [7, 11) is -4.79. The first kappa shape index (κ1) is 14.4. The summed E-state index contributed by atoms with van der Waals surface area (Å²) in [6, 6.07) is 4.85. The number of rotatable bonds is 2. The van der Waals surface area contributed by atoms with Gasteiger partial charge in [0.15, 0.2) is 0 Å². The normalized spacial score (nSPS) is 12.0. The molecule has 5 nitrogen and oxygen atoms in total. The van der Waals surface area contributed by atoms with Gasteiger partial charge in [0.2, 0.25) is 0 Å². The van der Waals surface area contributed by atoms with Gasteiger partial charge in [0, 0.05) is 5.69 Å². The lowest BCUT2D eigenvalue weighted by molar-refractivity contribution is 0.0636. The van der Waals surface area contributed by atoms with Gasteiger partial charge in [0.1, 0.15) is 10.5 Å². The summed E-state index contributed by atoms with van der Waals surface area (Å²) in [6.07, 6.45) is -0.740. The zero-order valence-corrected chi connectivity index (χ0v) is 11.0. The lowest BCUT2D eigenvalue weighted by Gasteiger charge is -2.19. The predicted molar refractivity (Wildman–Crippen MR) is 64.6 cm³/mol. The summed E-state index contributed by atoms with van der Waals surface area (Å²) in [4.78, 5) is 10.9. The Kier molecular flexibility index (Phi) is 3.95. The van der Waals surface area contributed by atoms with Gasteiger partial charge in [-0.3, -0.25) is 5.32 Å². The molecule has 1 amide bonds. The zero-order chi connectivity index (χ0) is 14.0. The molecule has 1 aromatic carbocycles. The highest BCUT2D eigenvalue weighted by Crippen LogP contribution is 2.18. The number of anilines is 1. The van der Waals surface area contributed by atoms with Crippen molar-refractivity contribution in [1.82, 2.24) is 0 Å². The van der Waals surface area contributed by atoms with Gasteiger partial charge in [-0.2, -0.15) is 8.42 Å². The summed E-state index contributed by atoms with van der Waals surface area (Å²) in [6.45, 7) is 5.07. The molecule has 0 saturated heterocycles. The van der Waals surface area contributed by atoms with Crippen molar-refractivity contribution in [2.24, 2.45) is 0 Å². The lowest BCUT2D eigenvalue weighted by Crippen LogP contribution is -2.27. The molecule has 7 heteroatoms. The molecule has 0 heterocycles. The van der Waals surface area contributed by atoms with Crippen LogP contribution >= 0.6 is 0 Å². The largest absolute Gasteiger partial charge is 0.444 e. The molecule has 0 aliphatic carbocycles. The van der Waals surface area contributed by atoms with Crippen LogP contribution < -0.4 is 5.32 Å². The molecule has 0 unspecified atom stereocenters. The van der Waals surface area contributed by atoms with Gasteiger partial charge in [-0.1, -0.05) is 6.07 Å². The monoisotopic (exact) mass is 275 g/mol. The minimum Gasteiger partial charge on any atom is -0.444 e. The third-order valence-electron chi connectivity index (χ3n) is 1.76. The maximum absolute atomic E-state index is 12.7. The second-order valence-corrected chi connectivity index (χ2v) is 5.94. The Morgan fingerprint density at radius 3 is 2.44 bits per heavy atom. The smallest absolute Gasteiger partial charge is 0.412 e. The van der Waals surface area contributed by atoms with E-state index in [1.807, 2.05) is 0 Å². The van der Waals surface area contributed by atoms with E-state index >= 15 is 0 Å². The lowest BCUT2D eigenvalue weighted by atomic mass is 10.2. The molecule has 0 aromatic heterocycles. The van der Waals surface area contributed by atoms with E-state index in [9.17, 15) is 17.1 Å². The maximum Gasteiger partial charge on any atom is 0.412 e. The van der Waals surface area contributed by atoms with Crippen LogP contribution in [0.5, 0.6) is 0 Å². The second kappa shape index (κ2) is 4.93. The molecule has 1 N–H and O–H groups in total. The number of halogens is 1. The first-order chi connectivity index (χ1) is 8.08. The van der Waals surface area contributed by atoms with E-state index in [4.69, 9.17) is 4.74 Å². The molecule has 0 saturated carbocycles. The summed E-state index contributed by atoms with van der Waals surface area (Å²) in [5, 5.41) is 2.32. The van der Waals surface area contributed by atoms with Gasteiger partial charge < -0.3 is 4.74 Å². The number of hydrogen-bond donors (Lipinski definition) is 1. The molecular weight excluding hydrogens is 261 g/mol. The topological polar surface area (TPSA) is 72.5 Å². The van der Waals surface area contributed by atoms with Crippen molar-refractivity contribution in [3.8, 4) is 0 Å². The first-order valence-corrected chi connectivity index (χ1v) is 6.51. The number of ether oxygens (including phenoxy) is 1. The zero-order valence-electron chi connectivity index (χ0n) is 10.2. The van der Waals surface area contributed by atoms with Crippen LogP contribution in [0.25, 0.3) is 0 Å². The Balaban J connectivity index is 2.84. The van der Waals surface area contributed by atoms with Crippen molar-refractivity contribution < 1.29 is 21.8 Å². The van der Waals surface area contributed by atoms with E-state index in [0.29, 0.717) is 0 Å². The molecule has 0 aliphatic rings. The SMILES string of the molecule is CC(C)(C)OC(=O)Nc1cccc(S(=O)(=O)F)c1. The first-order valence-electron chi connectivity index (χ1n) is 5.13. The van der Waals surface area contributed by atoms with Crippen LogP contribution in [0, 0.1) is 0 Å². The highest BCUT2D eigenvalue weighted by Gasteiger charge is 2.17. The summed E-state index contributed by atoms with van der Waals surface area (Å²) < 4.78 is 39.1. The molecular formula is C11H14FNO4S. The Morgan fingerprint density at radius 2 is 1.94 bits per heavy atom. The Morgan fingerprint density at radius 1 is 1.33 bits per heavy atom. The fourth-order valence-corrected chi connectivity index (χ4v) is 1.66. The van der Waals surface area contributed by atoms with Crippen molar-refractivity contribution in [2.45, 2.75) is 31.3 Å². The number of carbonyl (C=O) groups is 1. The molecule has 0 fully saturated rings. The average Bonchev–Trinajstić information content (AvgIpc) is 2.13. The number of carbonyl (C=O) groups excluding carboxylic acids is 1. The van der Waals surface area contributed by atoms with E-state index in [1.165, 1.54) is 12.1 Å². The van der Waals surface area contributed by atoms with Crippen molar-refractivity contribution in [1.29, 1.82) is 0 Å². The number of benzene rings is 1. The number of nitrogens with one attached hydrogen (secondary N) is 1. The Labute approximate surface area is 105 Å². The van der Waals surface area contributed by atoms with Crippen molar-refractivity contribution >= 4 is 22.0 Å². The Bertz CT molecular complexity index is 548. The highest BCUT2D eigenvalue weighted by molar-refractivity contribution is 7.86. The fraction of sp³-hybridized carbons (Fsp3) is 0.364. The van der Waals surface area contributed by atoms with Gasteiger partial charge in [0.05, 0.1) is 0 Å². The van der Waals surface area contributed by atoms with Crippen molar-refractivity contribution in [3.05, 3.63) is 24.3 Å². The van der Waals surface area contributed by atoms with Gasteiger partial charge in [-0.25, -0.2) is 4.79 Å². The molecule has 1 aromatic rings. The minimum absolute atomic E-state index is 0.142. The molecule has 0 radical (unpaired) electrons. The standard InChI is InChI=1S/C11H14FNO4S/c1-11(2,3)17-10(14)13-8-5-4-6-9(7-8)18(12,15)16/h4-7H,1-3H3,(H,13,14). The average molecular weight is 275 g/mol. The third kappa shape index (κ3) is 4.70. The van der Waals surface area contributed by atoms with Gasteiger partial charge >= 0.3 is 16.3 Å². The van der Waals surface area contributed by atoms with Crippen LogP contribution in [-0.2, 0) is 15.0 Å². The van der Waals surface area contributed by atoms with Gasteiger partial charge in [-0.15, -0.1) is 3.89 Å². The summed E-state index contributed by atoms with van der Waals surface area (Å²) in [5.41, 5.74) is -0.531. The van der Waals surface area contributed by atoms with Crippen LogP contribution in [0.15, 0.2) is 29.2 Å². The molecule has 0 aliphatic heterocycles. The quantitative estimate of drug-likeness (QED) is 0.842. The number of amides is 1. The van der Waals surface area contributed by atoms with E-state index in [2.05, 4.69) is 5.32 Å². The van der Waals surface area contributed by atoms with Crippen LogP contribution in [0.3, 0.4) is 0 Å². The molecule has 100 valence electrons. The number of hydrogen-bond acceptors (Lipinski definition) is 4. The van der Waals surface area contributed by atoms with Crippen molar-refractivity contribution in [2.75, 3.05) is 5.32 Å². The summed E-state index contributed by atoms with van der Waals surface area (Å²) >= 11 is 0. The highest BCUT2D eigenvalue weighted by atomic mass is 32.3. The summed E-state index contributed by atoms with van der Waals surface area (Å²) in [5.74, 6) is 0. The molecule has 0 spiro atoms. The van der Waals surface area contributed by atoms with E-state index in [-0.39, 0.29) is 5.69 Å². The Hall–Kier alpha value is -1.63.